The van der Waals surface area contributed by atoms with Crippen LogP contribution in [0.15, 0.2) is 85.2 Å². The number of amides is 3. The molecule has 0 saturated heterocycles. The third-order valence-corrected chi connectivity index (χ3v) is 7.21. The number of nitrogens with zero attached hydrogens (tertiary/aromatic N) is 2. The van der Waals surface area contributed by atoms with Gasteiger partial charge in [0.25, 0.3) is 0 Å². The van der Waals surface area contributed by atoms with Crippen LogP contribution in [-0.4, -0.2) is 46.3 Å². The summed E-state index contributed by atoms with van der Waals surface area (Å²) >= 11 is 6.32. The molecule has 0 aliphatic carbocycles. The number of anilines is 2. The molecular weight excluding hydrogens is 560 g/mol. The Morgan fingerprint density at radius 3 is 2.50 bits per heavy atom. The highest BCUT2D eigenvalue weighted by atomic mass is 35.5. The molecule has 11 nitrogen and oxygen atoms in total. The molecule has 0 spiro atoms. The lowest BCUT2D eigenvalue weighted by Crippen LogP contribution is -2.49. The molecule has 2 aliphatic heterocycles. The minimum Gasteiger partial charge on any atom is -0.478 e. The number of benzene rings is 3. The number of carbonyl (C=O) groups is 4. The Labute approximate surface area is 246 Å². The molecule has 0 radical (unpaired) electrons. The Morgan fingerprint density at radius 2 is 1.83 bits per heavy atom. The number of halogens is 1. The van der Waals surface area contributed by atoms with E-state index in [1.165, 1.54) is 35.2 Å². The van der Waals surface area contributed by atoms with Crippen LogP contribution in [-0.2, 0) is 16.0 Å². The van der Waals surface area contributed by atoms with Gasteiger partial charge < -0.3 is 26.5 Å². The first-order chi connectivity index (χ1) is 20.2. The van der Waals surface area contributed by atoms with E-state index < -0.39 is 23.8 Å². The molecule has 12 heteroatoms. The van der Waals surface area contributed by atoms with E-state index in [4.69, 9.17) is 17.3 Å². The SMILES string of the molecule is NC(=O)c1cccc(C[C@@H](C(=O)Nc2ccc(C(=O)O)cc2)N2CCC(c3cc(Cl)ccc3N3C=CNN3)=CC2=O)c1. The van der Waals surface area contributed by atoms with Gasteiger partial charge in [-0.15, -0.1) is 5.53 Å². The number of nitrogens with two attached hydrogens (primary N) is 1. The smallest absolute Gasteiger partial charge is 0.335 e. The zero-order chi connectivity index (χ0) is 29.8. The summed E-state index contributed by atoms with van der Waals surface area (Å²) in [6, 6.07) is 16.8. The number of carboxylic acid groups (broad SMARTS) is 1. The fourth-order valence-electron chi connectivity index (χ4n) is 4.89. The maximum atomic E-state index is 13.6. The van der Waals surface area contributed by atoms with Gasteiger partial charge in [0.15, 0.2) is 0 Å². The molecule has 1 atom stereocenters. The van der Waals surface area contributed by atoms with E-state index in [1.807, 2.05) is 6.07 Å². The number of aromatic carboxylic acids is 1. The van der Waals surface area contributed by atoms with E-state index >= 15 is 0 Å². The third-order valence-electron chi connectivity index (χ3n) is 6.98. The first-order valence-corrected chi connectivity index (χ1v) is 13.4. The maximum absolute atomic E-state index is 13.6. The van der Waals surface area contributed by atoms with E-state index in [0.717, 1.165) is 16.8 Å². The fourth-order valence-corrected chi connectivity index (χ4v) is 5.06. The fraction of sp³-hybridized carbons (Fsp3) is 0.133. The Balaban J connectivity index is 1.44. The monoisotopic (exact) mass is 586 g/mol. The van der Waals surface area contributed by atoms with Gasteiger partial charge in [0.2, 0.25) is 17.7 Å². The van der Waals surface area contributed by atoms with E-state index in [0.29, 0.717) is 22.7 Å². The van der Waals surface area contributed by atoms with E-state index in [2.05, 4.69) is 16.3 Å². The number of hydrogen-bond acceptors (Lipinski definition) is 7. The van der Waals surface area contributed by atoms with Crippen LogP contribution in [0.25, 0.3) is 5.57 Å². The molecule has 0 unspecified atom stereocenters. The summed E-state index contributed by atoms with van der Waals surface area (Å²) < 4.78 is 0. The van der Waals surface area contributed by atoms with Crippen molar-refractivity contribution in [2.75, 3.05) is 16.9 Å². The number of primary amides is 1. The lowest BCUT2D eigenvalue weighted by molar-refractivity contribution is -0.135. The highest BCUT2D eigenvalue weighted by Crippen LogP contribution is 2.34. The average Bonchev–Trinajstić information content (AvgIpc) is 3.51. The number of nitrogens with one attached hydrogen (secondary N) is 3. The van der Waals surface area contributed by atoms with Crippen molar-refractivity contribution in [3.63, 3.8) is 0 Å². The van der Waals surface area contributed by atoms with Crippen molar-refractivity contribution in [1.29, 1.82) is 0 Å². The molecule has 42 heavy (non-hydrogen) atoms. The molecule has 3 aromatic carbocycles. The Hall–Kier alpha value is -5.13. The van der Waals surface area contributed by atoms with Crippen molar-refractivity contribution in [1.82, 2.24) is 15.9 Å². The van der Waals surface area contributed by atoms with Crippen LogP contribution >= 0.6 is 11.6 Å². The molecule has 0 bridgehead atoms. The zero-order valence-electron chi connectivity index (χ0n) is 22.2. The van der Waals surface area contributed by atoms with Crippen LogP contribution < -0.4 is 27.0 Å². The summed E-state index contributed by atoms with van der Waals surface area (Å²) in [5, 5.41) is 14.3. The van der Waals surface area contributed by atoms with Gasteiger partial charge in [0.1, 0.15) is 6.04 Å². The Bertz CT molecular complexity index is 1620. The van der Waals surface area contributed by atoms with E-state index in [9.17, 15) is 24.3 Å². The lowest BCUT2D eigenvalue weighted by atomic mass is 9.94. The molecule has 6 N–H and O–H groups in total. The number of rotatable bonds is 9. The third kappa shape index (κ3) is 6.27. The molecule has 214 valence electrons. The van der Waals surface area contributed by atoms with Crippen molar-refractivity contribution < 1.29 is 24.3 Å². The number of carbonyl (C=O) groups excluding carboxylic acids is 3. The summed E-state index contributed by atoms with van der Waals surface area (Å²) in [6.45, 7) is 0.240. The second-order valence-electron chi connectivity index (χ2n) is 9.71. The van der Waals surface area contributed by atoms with Gasteiger partial charge in [-0.25, -0.2) is 4.79 Å². The summed E-state index contributed by atoms with van der Waals surface area (Å²) in [4.78, 5) is 51.7. The first kappa shape index (κ1) is 28.4. The first-order valence-electron chi connectivity index (χ1n) is 13.0. The van der Waals surface area contributed by atoms with Gasteiger partial charge in [-0.05, 0) is 72.2 Å². The second-order valence-corrected chi connectivity index (χ2v) is 10.1. The predicted octanol–water partition coefficient (Wildman–Crippen LogP) is 3.30. The summed E-state index contributed by atoms with van der Waals surface area (Å²) in [5.74, 6) is -2.52. The summed E-state index contributed by atoms with van der Waals surface area (Å²) in [7, 11) is 0. The molecular formula is C30H27ClN6O5. The molecule has 2 heterocycles. The van der Waals surface area contributed by atoms with Crippen LogP contribution in [0.4, 0.5) is 11.4 Å². The lowest BCUT2D eigenvalue weighted by Gasteiger charge is -2.34. The van der Waals surface area contributed by atoms with Crippen molar-refractivity contribution in [3.8, 4) is 0 Å². The number of hydrazine groups is 2. The topological polar surface area (TPSA) is 157 Å². The van der Waals surface area contributed by atoms with Crippen molar-refractivity contribution in [2.24, 2.45) is 5.73 Å². The van der Waals surface area contributed by atoms with Gasteiger partial charge in [0, 0.05) is 53.3 Å². The molecule has 3 amide bonds. The maximum Gasteiger partial charge on any atom is 0.335 e. The Morgan fingerprint density at radius 1 is 1.05 bits per heavy atom. The normalized spacial score (nSPS) is 15.2. The van der Waals surface area contributed by atoms with Crippen molar-refractivity contribution in [3.05, 3.63) is 112 Å². The molecule has 3 aromatic rings. The number of hydrogen-bond donors (Lipinski definition) is 5. The Kier molecular flexibility index (Phi) is 8.23. The van der Waals surface area contributed by atoms with Gasteiger partial charge >= 0.3 is 5.97 Å². The van der Waals surface area contributed by atoms with Gasteiger partial charge in [-0.3, -0.25) is 19.4 Å². The van der Waals surface area contributed by atoms with Gasteiger partial charge in [-0.2, -0.15) is 0 Å². The van der Waals surface area contributed by atoms with Crippen LogP contribution in [0.1, 0.15) is 38.3 Å². The summed E-state index contributed by atoms with van der Waals surface area (Å²) in [5.41, 5.74) is 15.0. The molecule has 2 aliphatic rings. The highest BCUT2D eigenvalue weighted by molar-refractivity contribution is 6.31. The molecule has 0 saturated carbocycles. The largest absolute Gasteiger partial charge is 0.478 e. The standard InChI is InChI=1S/C30H27ClN6O5/c31-22-6-9-25(37-13-11-33-35-37)24(17-22)20-10-12-36(27(38)16-20)26(15-18-2-1-3-21(14-18)28(32)39)29(40)34-23-7-4-19(5-8-23)30(41)42/h1-9,11,13-14,16-17,26,33,35H,10,12,15H2,(H2,32,39)(H,34,40)(H,41,42)/t26-/m0/s1. The summed E-state index contributed by atoms with van der Waals surface area (Å²) in [6.07, 6.45) is 5.60. The van der Waals surface area contributed by atoms with Crippen molar-refractivity contribution in [2.45, 2.75) is 18.9 Å². The van der Waals surface area contributed by atoms with Crippen LogP contribution in [0.2, 0.25) is 5.02 Å². The van der Waals surface area contributed by atoms with Crippen LogP contribution in [0.5, 0.6) is 0 Å². The van der Waals surface area contributed by atoms with Gasteiger partial charge in [-0.1, -0.05) is 23.7 Å². The average molecular weight is 587 g/mol. The predicted molar refractivity (Wildman–Crippen MR) is 158 cm³/mol. The molecule has 0 fully saturated rings. The van der Waals surface area contributed by atoms with E-state index in [1.54, 1.807) is 53.8 Å². The highest BCUT2D eigenvalue weighted by Gasteiger charge is 2.33. The van der Waals surface area contributed by atoms with Crippen molar-refractivity contribution >= 4 is 52.2 Å². The van der Waals surface area contributed by atoms with E-state index in [-0.39, 0.29) is 30.0 Å². The molecule has 0 aromatic heterocycles. The quantitative estimate of drug-likeness (QED) is 0.256. The number of carboxylic acids is 1. The minimum absolute atomic E-state index is 0.0764. The second kappa shape index (κ2) is 12.2. The molecule has 5 rings (SSSR count). The minimum atomic E-state index is -1.09. The zero-order valence-corrected chi connectivity index (χ0v) is 23.0. The van der Waals surface area contributed by atoms with Gasteiger partial charge in [0.05, 0.1) is 11.3 Å². The van der Waals surface area contributed by atoms with Crippen LogP contribution in [0.3, 0.4) is 0 Å². The van der Waals surface area contributed by atoms with Crippen LogP contribution in [0, 0.1) is 0 Å².